The molecule has 0 amide bonds. The van der Waals surface area contributed by atoms with E-state index in [9.17, 15) is 0 Å². The maximum atomic E-state index is 5.17. The molecule has 0 aromatic carbocycles. The smallest absolute Gasteiger partial charge is 0.0121 e. The Labute approximate surface area is 82.7 Å². The van der Waals surface area contributed by atoms with Crippen molar-refractivity contribution in [2.45, 2.75) is 46.5 Å². The van der Waals surface area contributed by atoms with E-state index >= 15 is 0 Å². The van der Waals surface area contributed by atoms with Crippen molar-refractivity contribution >= 4 is 0 Å². The summed E-state index contributed by atoms with van der Waals surface area (Å²) in [6.45, 7) is 6.45. The van der Waals surface area contributed by atoms with Crippen molar-refractivity contribution < 1.29 is 0 Å². The summed E-state index contributed by atoms with van der Waals surface area (Å²) in [5.74, 6) is 2.64. The highest BCUT2D eigenvalue weighted by atomic mass is 13.9. The highest BCUT2D eigenvalue weighted by molar-refractivity contribution is 5.03. The zero-order chi connectivity index (χ0) is 10.1. The van der Waals surface area contributed by atoms with E-state index in [2.05, 4.69) is 38.8 Å². The van der Waals surface area contributed by atoms with Gasteiger partial charge in [0, 0.05) is 6.42 Å². The van der Waals surface area contributed by atoms with E-state index in [4.69, 9.17) is 6.42 Å². The second kappa shape index (κ2) is 7.68. The molecule has 72 valence electrons. The van der Waals surface area contributed by atoms with Gasteiger partial charge in [0.1, 0.15) is 0 Å². The van der Waals surface area contributed by atoms with Crippen LogP contribution in [0.4, 0.5) is 0 Å². The van der Waals surface area contributed by atoms with Gasteiger partial charge in [-0.3, -0.25) is 0 Å². The lowest BCUT2D eigenvalue weighted by Gasteiger charge is -1.97. The first-order valence-corrected chi connectivity index (χ1v) is 4.89. The molecule has 0 N–H and O–H groups in total. The average molecular weight is 176 g/mol. The third-order valence-electron chi connectivity index (χ3n) is 1.87. The molecule has 0 aromatic rings. The van der Waals surface area contributed by atoms with E-state index in [0.29, 0.717) is 0 Å². The van der Waals surface area contributed by atoms with Crippen molar-refractivity contribution in [2.24, 2.45) is 0 Å². The molecule has 0 aliphatic rings. The van der Waals surface area contributed by atoms with Gasteiger partial charge in [-0.2, -0.15) is 0 Å². The van der Waals surface area contributed by atoms with E-state index in [0.717, 1.165) is 25.7 Å². The third-order valence-corrected chi connectivity index (χ3v) is 1.87. The van der Waals surface area contributed by atoms with Crippen molar-refractivity contribution in [3.8, 4) is 12.3 Å². The summed E-state index contributed by atoms with van der Waals surface area (Å²) in [7, 11) is 0. The molecule has 13 heavy (non-hydrogen) atoms. The predicted molar refractivity (Wildman–Crippen MR) is 60.5 cm³/mol. The quantitative estimate of drug-likeness (QED) is 0.336. The van der Waals surface area contributed by atoms with Crippen LogP contribution in [0, 0.1) is 12.3 Å². The SMILES string of the molecule is C#CCCC=C(C)CCC=C(C)C. The summed E-state index contributed by atoms with van der Waals surface area (Å²) in [6, 6.07) is 0. The van der Waals surface area contributed by atoms with E-state index < -0.39 is 0 Å². The van der Waals surface area contributed by atoms with Gasteiger partial charge in [-0.25, -0.2) is 0 Å². The summed E-state index contributed by atoms with van der Waals surface area (Å²) >= 11 is 0. The number of hydrogen-bond acceptors (Lipinski definition) is 0. The molecular weight excluding hydrogens is 156 g/mol. The first-order chi connectivity index (χ1) is 6.16. The van der Waals surface area contributed by atoms with E-state index in [-0.39, 0.29) is 0 Å². The van der Waals surface area contributed by atoms with E-state index in [1.54, 1.807) is 0 Å². The zero-order valence-electron chi connectivity index (χ0n) is 9.06. The molecule has 0 aromatic heterocycles. The molecule has 0 aliphatic carbocycles. The van der Waals surface area contributed by atoms with Crippen LogP contribution in [0.3, 0.4) is 0 Å². The minimum absolute atomic E-state index is 0.861. The second-order valence-corrected chi connectivity index (χ2v) is 3.61. The van der Waals surface area contributed by atoms with Crippen LogP contribution in [0.2, 0.25) is 0 Å². The van der Waals surface area contributed by atoms with Crippen LogP contribution >= 0.6 is 0 Å². The third kappa shape index (κ3) is 8.95. The fraction of sp³-hybridized carbons (Fsp3) is 0.538. The Hall–Kier alpha value is -0.960. The van der Waals surface area contributed by atoms with Gasteiger partial charge in [0.2, 0.25) is 0 Å². The molecule has 0 rings (SSSR count). The van der Waals surface area contributed by atoms with Crippen LogP contribution in [-0.2, 0) is 0 Å². The Balaban J connectivity index is 3.62. The van der Waals surface area contributed by atoms with Crippen LogP contribution < -0.4 is 0 Å². The van der Waals surface area contributed by atoms with Crippen molar-refractivity contribution in [1.29, 1.82) is 0 Å². The summed E-state index contributed by atoms with van der Waals surface area (Å²) in [4.78, 5) is 0. The minimum atomic E-state index is 0.861. The van der Waals surface area contributed by atoms with Crippen LogP contribution in [0.15, 0.2) is 23.3 Å². The number of rotatable bonds is 5. The highest BCUT2D eigenvalue weighted by Crippen LogP contribution is 2.07. The molecule has 0 spiro atoms. The highest BCUT2D eigenvalue weighted by Gasteiger charge is 1.87. The van der Waals surface area contributed by atoms with Crippen LogP contribution in [0.5, 0.6) is 0 Å². The molecule has 0 aliphatic heterocycles. The van der Waals surface area contributed by atoms with Crippen LogP contribution in [0.25, 0.3) is 0 Å². The van der Waals surface area contributed by atoms with Gasteiger partial charge < -0.3 is 0 Å². The van der Waals surface area contributed by atoms with Gasteiger partial charge in [0.05, 0.1) is 0 Å². The summed E-state index contributed by atoms with van der Waals surface area (Å²) < 4.78 is 0. The maximum Gasteiger partial charge on any atom is 0.0121 e. The monoisotopic (exact) mass is 176 g/mol. The standard InChI is InChI=1S/C13H20/c1-5-6-7-10-13(4)11-8-9-12(2)3/h1,9-10H,6-8,11H2,2-4H3. The molecule has 0 heteroatoms. The van der Waals surface area contributed by atoms with Crippen LogP contribution in [0.1, 0.15) is 46.5 Å². The molecule has 0 atom stereocenters. The molecule has 0 fully saturated rings. The lowest BCUT2D eigenvalue weighted by molar-refractivity contribution is 0.941. The number of hydrogen-bond donors (Lipinski definition) is 0. The topological polar surface area (TPSA) is 0 Å². The maximum absolute atomic E-state index is 5.17. The Morgan fingerprint density at radius 3 is 2.38 bits per heavy atom. The van der Waals surface area contributed by atoms with Gasteiger partial charge in [0.15, 0.2) is 0 Å². The van der Waals surface area contributed by atoms with Crippen molar-refractivity contribution in [3.63, 3.8) is 0 Å². The van der Waals surface area contributed by atoms with E-state index in [1.807, 2.05) is 0 Å². The summed E-state index contributed by atoms with van der Waals surface area (Å²) in [6.07, 6.45) is 13.9. The van der Waals surface area contributed by atoms with Gasteiger partial charge in [-0.1, -0.05) is 23.3 Å². The van der Waals surface area contributed by atoms with E-state index in [1.165, 1.54) is 11.1 Å². The Bertz CT molecular complexity index is 219. The average Bonchev–Trinajstić information content (AvgIpc) is 2.04. The van der Waals surface area contributed by atoms with Gasteiger partial charge in [-0.15, -0.1) is 12.3 Å². The lowest BCUT2D eigenvalue weighted by Crippen LogP contribution is -1.77. The molecule has 0 saturated carbocycles. The minimum Gasteiger partial charge on any atom is -0.120 e. The molecule has 0 radical (unpaired) electrons. The Kier molecular flexibility index (Phi) is 7.11. The Morgan fingerprint density at radius 2 is 1.85 bits per heavy atom. The fourth-order valence-corrected chi connectivity index (χ4v) is 1.09. The van der Waals surface area contributed by atoms with Crippen LogP contribution in [-0.4, -0.2) is 0 Å². The second-order valence-electron chi connectivity index (χ2n) is 3.61. The van der Waals surface area contributed by atoms with Crippen molar-refractivity contribution in [2.75, 3.05) is 0 Å². The van der Waals surface area contributed by atoms with Crippen molar-refractivity contribution in [3.05, 3.63) is 23.3 Å². The first-order valence-electron chi connectivity index (χ1n) is 4.89. The van der Waals surface area contributed by atoms with Gasteiger partial charge in [-0.05, 0) is 40.0 Å². The largest absolute Gasteiger partial charge is 0.120 e. The zero-order valence-corrected chi connectivity index (χ0v) is 9.06. The first kappa shape index (κ1) is 12.0. The Morgan fingerprint density at radius 1 is 1.15 bits per heavy atom. The molecule has 0 heterocycles. The van der Waals surface area contributed by atoms with Crippen molar-refractivity contribution in [1.82, 2.24) is 0 Å². The predicted octanol–water partition coefficient (Wildman–Crippen LogP) is 4.09. The van der Waals surface area contributed by atoms with Gasteiger partial charge >= 0.3 is 0 Å². The lowest BCUT2D eigenvalue weighted by atomic mass is 10.1. The number of allylic oxidation sites excluding steroid dienone is 4. The molecule has 0 nitrogen and oxygen atoms in total. The number of unbranched alkanes of at least 4 members (excludes halogenated alkanes) is 1. The normalized spacial score (nSPS) is 10.8. The summed E-state index contributed by atoms with van der Waals surface area (Å²) in [5, 5.41) is 0. The molecule has 0 saturated heterocycles. The molecule has 0 unspecified atom stereocenters. The molecule has 0 bridgehead atoms. The fourth-order valence-electron chi connectivity index (χ4n) is 1.09. The van der Waals surface area contributed by atoms with Gasteiger partial charge in [0.25, 0.3) is 0 Å². The summed E-state index contributed by atoms with van der Waals surface area (Å²) in [5.41, 5.74) is 2.85. The number of terminal acetylenes is 1. The molecular formula is C13H20.